The lowest BCUT2D eigenvalue weighted by Gasteiger charge is -2.04. The topological polar surface area (TPSA) is 59.8 Å². The fourth-order valence-corrected chi connectivity index (χ4v) is 3.67. The predicted octanol–water partition coefficient (Wildman–Crippen LogP) is 4.21. The van der Waals surface area contributed by atoms with Crippen LogP contribution in [0.25, 0.3) is 10.2 Å². The van der Waals surface area contributed by atoms with Crippen molar-refractivity contribution in [3.05, 3.63) is 39.6 Å². The molecule has 2 heterocycles. The summed E-state index contributed by atoms with van der Waals surface area (Å²) in [4.78, 5) is 16.7. The van der Waals surface area contributed by atoms with Gasteiger partial charge in [0.15, 0.2) is 5.13 Å². The number of nitrogens with one attached hydrogen (secondary N) is 1. The Balaban J connectivity index is 1.66. The Bertz CT molecular complexity index is 884. The molecule has 23 heavy (non-hydrogen) atoms. The van der Waals surface area contributed by atoms with Crippen LogP contribution in [0, 0.1) is 20.8 Å². The highest BCUT2D eigenvalue weighted by Gasteiger charge is 2.12. The van der Waals surface area contributed by atoms with Gasteiger partial charge in [0, 0.05) is 12.1 Å². The van der Waals surface area contributed by atoms with E-state index in [0.717, 1.165) is 31.6 Å². The van der Waals surface area contributed by atoms with Crippen LogP contribution >= 0.6 is 27.3 Å². The smallest absolute Gasteiger partial charge is 0.228 e. The fraction of sp³-hybridized carbons (Fsp3) is 0.312. The van der Waals surface area contributed by atoms with Gasteiger partial charge in [-0.25, -0.2) is 4.98 Å². The lowest BCUT2D eigenvalue weighted by molar-refractivity contribution is -0.116. The summed E-state index contributed by atoms with van der Waals surface area (Å²) >= 11 is 4.99. The maximum Gasteiger partial charge on any atom is 0.228 e. The van der Waals surface area contributed by atoms with Crippen molar-refractivity contribution in [1.82, 2.24) is 14.8 Å². The first-order chi connectivity index (χ1) is 11.0. The summed E-state index contributed by atoms with van der Waals surface area (Å²) in [6, 6.07) is 6.04. The molecular weight excluding hydrogens is 376 g/mol. The zero-order valence-electron chi connectivity index (χ0n) is 13.2. The van der Waals surface area contributed by atoms with Gasteiger partial charge in [0.05, 0.1) is 26.9 Å². The molecule has 0 aliphatic rings. The normalized spacial score (nSPS) is 11.1. The third-order valence-electron chi connectivity index (χ3n) is 3.71. The number of nitrogens with zero attached hydrogens (tertiary/aromatic N) is 3. The van der Waals surface area contributed by atoms with Crippen molar-refractivity contribution in [2.45, 2.75) is 33.7 Å². The number of para-hydroxylation sites is 1. The molecule has 0 atom stereocenters. The third-order valence-corrected chi connectivity index (χ3v) is 5.79. The number of amides is 1. The van der Waals surface area contributed by atoms with Crippen molar-refractivity contribution in [3.63, 3.8) is 0 Å². The van der Waals surface area contributed by atoms with E-state index in [9.17, 15) is 4.79 Å². The van der Waals surface area contributed by atoms with Crippen LogP contribution in [0.1, 0.15) is 23.4 Å². The van der Waals surface area contributed by atoms with Crippen LogP contribution in [-0.4, -0.2) is 20.7 Å². The van der Waals surface area contributed by atoms with Crippen molar-refractivity contribution in [1.29, 1.82) is 0 Å². The Hall–Kier alpha value is -1.73. The number of aryl methyl sites for hydroxylation is 3. The van der Waals surface area contributed by atoms with Gasteiger partial charge in [-0.2, -0.15) is 5.10 Å². The Morgan fingerprint density at radius 2 is 2.13 bits per heavy atom. The van der Waals surface area contributed by atoms with Gasteiger partial charge in [-0.05, 0) is 48.3 Å². The minimum atomic E-state index is -0.0506. The molecule has 1 N–H and O–H groups in total. The average molecular weight is 393 g/mol. The van der Waals surface area contributed by atoms with Crippen LogP contribution < -0.4 is 5.32 Å². The zero-order chi connectivity index (χ0) is 16.6. The van der Waals surface area contributed by atoms with Crippen LogP contribution in [0.3, 0.4) is 0 Å². The van der Waals surface area contributed by atoms with Crippen molar-refractivity contribution < 1.29 is 4.79 Å². The van der Waals surface area contributed by atoms with E-state index in [1.807, 2.05) is 43.7 Å². The van der Waals surface area contributed by atoms with Gasteiger partial charge in [0.2, 0.25) is 5.91 Å². The largest absolute Gasteiger partial charge is 0.302 e. The summed E-state index contributed by atoms with van der Waals surface area (Å²) in [7, 11) is 0. The van der Waals surface area contributed by atoms with Crippen LogP contribution in [0.2, 0.25) is 0 Å². The van der Waals surface area contributed by atoms with Crippen molar-refractivity contribution in [3.8, 4) is 0 Å². The van der Waals surface area contributed by atoms with E-state index in [2.05, 4.69) is 31.3 Å². The number of carbonyl (C=O) groups excluding carboxylic acids is 1. The lowest BCUT2D eigenvalue weighted by atomic mass is 10.2. The molecule has 7 heteroatoms. The highest BCUT2D eigenvalue weighted by atomic mass is 79.9. The van der Waals surface area contributed by atoms with Crippen LogP contribution in [0.15, 0.2) is 22.7 Å². The fourth-order valence-electron chi connectivity index (χ4n) is 2.42. The molecule has 0 bridgehead atoms. The first-order valence-electron chi connectivity index (χ1n) is 7.31. The number of halogens is 1. The average Bonchev–Trinajstić information content (AvgIpc) is 3.02. The number of aromatic nitrogens is 3. The summed E-state index contributed by atoms with van der Waals surface area (Å²) in [5.41, 5.74) is 4.04. The van der Waals surface area contributed by atoms with E-state index in [-0.39, 0.29) is 5.91 Å². The van der Waals surface area contributed by atoms with E-state index in [4.69, 9.17) is 0 Å². The molecule has 120 valence electrons. The highest BCUT2D eigenvalue weighted by molar-refractivity contribution is 9.10. The van der Waals surface area contributed by atoms with Gasteiger partial charge >= 0.3 is 0 Å². The van der Waals surface area contributed by atoms with Crippen LogP contribution in [-0.2, 0) is 11.3 Å². The molecule has 1 amide bonds. The number of fused-ring (bicyclic) bond motifs is 1. The zero-order valence-corrected chi connectivity index (χ0v) is 15.6. The maximum absolute atomic E-state index is 12.2. The highest BCUT2D eigenvalue weighted by Crippen LogP contribution is 2.28. The molecule has 0 aliphatic carbocycles. The molecule has 5 nitrogen and oxygen atoms in total. The van der Waals surface area contributed by atoms with Gasteiger partial charge in [-0.3, -0.25) is 9.48 Å². The van der Waals surface area contributed by atoms with Gasteiger partial charge in [0.25, 0.3) is 0 Å². The van der Waals surface area contributed by atoms with E-state index in [1.165, 1.54) is 11.3 Å². The summed E-state index contributed by atoms with van der Waals surface area (Å²) in [6.07, 6.45) is 0.364. The molecule has 0 fully saturated rings. The summed E-state index contributed by atoms with van der Waals surface area (Å²) < 4.78 is 3.93. The van der Waals surface area contributed by atoms with Gasteiger partial charge in [-0.15, -0.1) is 0 Å². The third kappa shape index (κ3) is 3.30. The molecular formula is C16H17BrN4OS. The van der Waals surface area contributed by atoms with Crippen LogP contribution in [0.4, 0.5) is 5.13 Å². The number of hydrogen-bond acceptors (Lipinski definition) is 4. The predicted molar refractivity (Wildman–Crippen MR) is 97.0 cm³/mol. The first kappa shape index (κ1) is 16.1. The maximum atomic E-state index is 12.2. The minimum absolute atomic E-state index is 0.0506. The quantitative estimate of drug-likeness (QED) is 0.723. The Labute approximate surface area is 146 Å². The molecule has 0 unspecified atom stereocenters. The van der Waals surface area contributed by atoms with Crippen molar-refractivity contribution in [2.75, 3.05) is 5.32 Å². The van der Waals surface area contributed by atoms with E-state index < -0.39 is 0 Å². The van der Waals surface area contributed by atoms with E-state index in [1.54, 1.807) is 0 Å². The summed E-state index contributed by atoms with van der Waals surface area (Å²) in [5, 5.41) is 7.94. The van der Waals surface area contributed by atoms with Crippen LogP contribution in [0.5, 0.6) is 0 Å². The second-order valence-corrected chi connectivity index (χ2v) is 7.27. The molecule has 2 aromatic heterocycles. The molecule has 0 saturated heterocycles. The van der Waals surface area contributed by atoms with Gasteiger partial charge in [-0.1, -0.05) is 23.5 Å². The number of anilines is 1. The number of rotatable bonds is 4. The standard InChI is InChI=1S/C16H17BrN4OS/c1-9-5-4-6-12-15(9)19-16(23-12)18-13(22)7-8-21-11(3)14(17)10(2)20-21/h4-6H,7-8H2,1-3H3,(H,18,19,22). The van der Waals surface area contributed by atoms with Gasteiger partial charge < -0.3 is 5.32 Å². The second-order valence-electron chi connectivity index (χ2n) is 5.45. The number of benzene rings is 1. The van der Waals surface area contributed by atoms with Crippen molar-refractivity contribution in [2.24, 2.45) is 0 Å². The lowest BCUT2D eigenvalue weighted by Crippen LogP contribution is -2.15. The van der Waals surface area contributed by atoms with Crippen molar-refractivity contribution >= 4 is 48.5 Å². The number of carbonyl (C=O) groups is 1. The van der Waals surface area contributed by atoms with Gasteiger partial charge in [0.1, 0.15) is 0 Å². The Morgan fingerprint density at radius 3 is 2.78 bits per heavy atom. The molecule has 0 saturated carbocycles. The Kier molecular flexibility index (Phi) is 4.50. The van der Waals surface area contributed by atoms with E-state index in [0.29, 0.717) is 18.1 Å². The molecule has 0 spiro atoms. The summed E-state index contributed by atoms with van der Waals surface area (Å²) in [5.74, 6) is -0.0506. The monoisotopic (exact) mass is 392 g/mol. The molecule has 0 aliphatic heterocycles. The number of thiazole rings is 1. The number of hydrogen-bond donors (Lipinski definition) is 1. The Morgan fingerprint density at radius 1 is 1.35 bits per heavy atom. The summed E-state index contributed by atoms with van der Waals surface area (Å²) in [6.45, 7) is 6.50. The molecule has 1 aromatic carbocycles. The van der Waals surface area contributed by atoms with E-state index >= 15 is 0 Å². The molecule has 3 rings (SSSR count). The molecule has 0 radical (unpaired) electrons. The second kappa shape index (κ2) is 6.41. The minimum Gasteiger partial charge on any atom is -0.302 e. The SMILES string of the molecule is Cc1nn(CCC(=O)Nc2nc3c(C)cccc3s2)c(C)c1Br. The molecule has 3 aromatic rings. The first-order valence-corrected chi connectivity index (χ1v) is 8.92.